The minimum atomic E-state index is -1.70. The summed E-state index contributed by atoms with van der Waals surface area (Å²) in [6.45, 7) is 6.94. The molecular weight excluding hydrogens is 837 g/mol. The molecule has 1 aliphatic heterocycles. The summed E-state index contributed by atoms with van der Waals surface area (Å²) < 4.78 is 0. The van der Waals surface area contributed by atoms with Gasteiger partial charge in [-0.1, -0.05) is 116 Å². The molecule has 8 aromatic rings. The van der Waals surface area contributed by atoms with Crippen molar-refractivity contribution < 1.29 is 20.1 Å². The second kappa shape index (κ2) is 15.6. The van der Waals surface area contributed by atoms with Crippen LogP contribution in [-0.2, 0) is 20.1 Å². The molecule has 1 radical (unpaired) electrons. The van der Waals surface area contributed by atoms with Gasteiger partial charge in [0.2, 0.25) is 0 Å². The first-order valence-electron chi connectivity index (χ1n) is 17.7. The fourth-order valence-corrected chi connectivity index (χ4v) is 10.3. The van der Waals surface area contributed by atoms with Crippen LogP contribution in [0.25, 0.3) is 67.0 Å². The summed E-state index contributed by atoms with van der Waals surface area (Å²) in [7, 11) is -1.70. The summed E-state index contributed by atoms with van der Waals surface area (Å²) >= 11 is 0. The molecule has 2 aromatic heterocycles. The zero-order valence-electron chi connectivity index (χ0n) is 30.0. The number of nitrogens with zero attached hydrogens (tertiary/aromatic N) is 2. The fourth-order valence-electron chi connectivity index (χ4n) is 7.20. The zero-order chi connectivity index (χ0) is 35.5. The first-order chi connectivity index (χ1) is 25.4. The Labute approximate surface area is 327 Å². The third-order valence-corrected chi connectivity index (χ3v) is 13.5. The Morgan fingerprint density at radius 1 is 0.453 bits per heavy atom. The first kappa shape index (κ1) is 35.9. The van der Waals surface area contributed by atoms with Crippen LogP contribution < -0.4 is 10.4 Å². The molecule has 0 aliphatic carbocycles. The van der Waals surface area contributed by atoms with Crippen molar-refractivity contribution in [2.24, 2.45) is 0 Å². The number of rotatable bonds is 5. The number of benzene rings is 6. The Balaban J connectivity index is 0.000000263. The van der Waals surface area contributed by atoms with E-state index in [0.717, 1.165) is 33.8 Å². The van der Waals surface area contributed by atoms with Gasteiger partial charge < -0.3 is 9.97 Å². The van der Waals surface area contributed by atoms with Gasteiger partial charge in [-0.15, -0.1) is 71.3 Å². The molecule has 0 saturated carbocycles. The molecule has 0 unspecified atom stereocenters. The van der Waals surface area contributed by atoms with Gasteiger partial charge in [-0.3, -0.25) is 0 Å². The van der Waals surface area contributed by atoms with Gasteiger partial charge in [0.05, 0.1) is 0 Å². The van der Waals surface area contributed by atoms with Gasteiger partial charge in [-0.05, 0) is 91.9 Å². The van der Waals surface area contributed by atoms with Gasteiger partial charge in [0.25, 0.3) is 0 Å². The molecule has 4 heteroatoms. The molecule has 0 bridgehead atoms. The Morgan fingerprint density at radius 2 is 1.06 bits per heavy atom. The van der Waals surface area contributed by atoms with E-state index in [1.54, 1.807) is 5.19 Å². The smallest absolute Gasteiger partial charge is 0.113 e. The molecule has 1 aliphatic rings. The topological polar surface area (TPSA) is 25.8 Å². The monoisotopic (exact) mass is 875 g/mol. The molecule has 6 aromatic carbocycles. The zero-order valence-corrected chi connectivity index (χ0v) is 33.4. The average molecular weight is 875 g/mol. The van der Waals surface area contributed by atoms with Gasteiger partial charge in [-0.2, -0.15) is 0 Å². The van der Waals surface area contributed by atoms with Crippen molar-refractivity contribution in [1.82, 2.24) is 9.97 Å². The fraction of sp³-hybridized carbons (Fsp3) is 0.0612. The molecule has 9 rings (SSSR count). The van der Waals surface area contributed by atoms with E-state index in [-0.39, 0.29) is 20.1 Å². The van der Waals surface area contributed by atoms with E-state index >= 15 is 0 Å². The maximum atomic E-state index is 4.50. The Kier molecular flexibility index (Phi) is 10.6. The summed E-state index contributed by atoms with van der Waals surface area (Å²) in [4.78, 5) is 8.91. The number of pyridine rings is 2. The third kappa shape index (κ3) is 7.54. The van der Waals surface area contributed by atoms with Crippen LogP contribution in [0.2, 0.25) is 13.1 Å². The van der Waals surface area contributed by atoms with E-state index in [1.807, 2.05) is 79.9 Å². The second-order valence-electron chi connectivity index (χ2n) is 13.7. The van der Waals surface area contributed by atoms with Crippen molar-refractivity contribution >= 4 is 18.4 Å². The minimum absolute atomic E-state index is 0. The third-order valence-electron chi connectivity index (χ3n) is 9.92. The molecule has 2 nitrogen and oxygen atoms in total. The Bertz CT molecular complexity index is 2510. The molecular formula is C49H38IrN2Si-2. The van der Waals surface area contributed by atoms with Crippen molar-refractivity contribution in [3.8, 4) is 67.0 Å². The van der Waals surface area contributed by atoms with E-state index in [4.69, 9.17) is 0 Å². The first-order valence-corrected chi connectivity index (χ1v) is 20.7. The summed E-state index contributed by atoms with van der Waals surface area (Å²) in [5, 5.41) is 3.09. The molecule has 0 amide bonds. The number of hydrogen-bond acceptors (Lipinski definition) is 2. The average Bonchev–Trinajstić information content (AvgIpc) is 3.44. The standard InChI is InChI=1S/C37H28NSi.C12H10N.Ir/c1-39(2)36-18-4-3-16-33(36)34-20-19-31(25-37(34)39)29-13-8-11-27(23-29)26-10-7-12-28(22-26)30-14-9-15-32(24-30)35-17-5-6-21-38-35;1-10-6-5-9-12(13-10)11-7-3-2-4-8-11;/h3-14,16-25H,1-2H3;2-7,9H,1H3;/q2*-1;. The van der Waals surface area contributed by atoms with E-state index in [2.05, 4.69) is 138 Å². The predicted octanol–water partition coefficient (Wildman–Crippen LogP) is 11.2. The van der Waals surface area contributed by atoms with Crippen LogP contribution in [0.15, 0.2) is 176 Å². The van der Waals surface area contributed by atoms with Crippen molar-refractivity contribution in [2.75, 3.05) is 0 Å². The van der Waals surface area contributed by atoms with Gasteiger partial charge >= 0.3 is 0 Å². The van der Waals surface area contributed by atoms with Crippen LogP contribution in [0, 0.1) is 19.1 Å². The van der Waals surface area contributed by atoms with Crippen molar-refractivity contribution in [2.45, 2.75) is 20.0 Å². The largest absolute Gasteiger partial charge is 0.305 e. The number of aryl methyl sites for hydroxylation is 1. The van der Waals surface area contributed by atoms with Crippen LogP contribution in [0.1, 0.15) is 5.69 Å². The van der Waals surface area contributed by atoms with Crippen LogP contribution in [0.4, 0.5) is 0 Å². The van der Waals surface area contributed by atoms with Gasteiger partial charge in [0.1, 0.15) is 8.07 Å². The molecule has 0 atom stereocenters. The van der Waals surface area contributed by atoms with Gasteiger partial charge in [0, 0.05) is 32.0 Å². The summed E-state index contributed by atoms with van der Waals surface area (Å²) in [6, 6.07) is 66.4. The van der Waals surface area contributed by atoms with E-state index < -0.39 is 8.07 Å². The molecule has 0 spiro atoms. The molecule has 3 heterocycles. The number of fused-ring (bicyclic) bond motifs is 3. The summed E-state index contributed by atoms with van der Waals surface area (Å²) in [6.07, 6.45) is 1.83. The number of aromatic nitrogens is 2. The van der Waals surface area contributed by atoms with Crippen molar-refractivity contribution in [1.29, 1.82) is 0 Å². The molecule has 259 valence electrons. The Morgan fingerprint density at radius 3 is 1.74 bits per heavy atom. The van der Waals surface area contributed by atoms with E-state index in [9.17, 15) is 0 Å². The molecule has 0 saturated heterocycles. The normalized spacial score (nSPS) is 12.1. The predicted molar refractivity (Wildman–Crippen MR) is 220 cm³/mol. The maximum Gasteiger partial charge on any atom is 0.113 e. The van der Waals surface area contributed by atoms with Crippen LogP contribution in [0.3, 0.4) is 0 Å². The van der Waals surface area contributed by atoms with Gasteiger partial charge in [-0.25, -0.2) is 0 Å². The summed E-state index contributed by atoms with van der Waals surface area (Å²) in [5.74, 6) is 0. The SMILES string of the molecule is C[Si]1(C)c2ccccc2-c2ccc(-c3cccc(-c4cccc(-c5cc[c-]c(-c6ccccn6)c5)c4)c3)cc21.Cc1cccc(-c2[c-]cccc2)n1.[Ir]. The van der Waals surface area contributed by atoms with Crippen molar-refractivity contribution in [3.05, 3.63) is 194 Å². The molecule has 0 N–H and O–H groups in total. The van der Waals surface area contributed by atoms with Crippen LogP contribution in [0.5, 0.6) is 0 Å². The molecule has 53 heavy (non-hydrogen) atoms. The quantitative estimate of drug-likeness (QED) is 0.127. The van der Waals surface area contributed by atoms with Crippen LogP contribution >= 0.6 is 0 Å². The van der Waals surface area contributed by atoms with Crippen molar-refractivity contribution in [3.63, 3.8) is 0 Å². The Hall–Kier alpha value is -5.51. The number of hydrogen-bond donors (Lipinski definition) is 0. The maximum absolute atomic E-state index is 4.50. The van der Waals surface area contributed by atoms with E-state index in [0.29, 0.717) is 0 Å². The second-order valence-corrected chi connectivity index (χ2v) is 18.1. The van der Waals surface area contributed by atoms with Gasteiger partial charge in [0.15, 0.2) is 0 Å². The van der Waals surface area contributed by atoms with Crippen LogP contribution in [-0.4, -0.2) is 18.0 Å². The molecule has 0 fully saturated rings. The minimum Gasteiger partial charge on any atom is -0.305 e. The van der Waals surface area contributed by atoms with E-state index in [1.165, 1.54) is 44.1 Å². The summed E-state index contributed by atoms with van der Waals surface area (Å²) in [5.41, 5.74) is 15.2.